The number of piperidine rings is 1. The summed E-state index contributed by atoms with van der Waals surface area (Å²) in [6.45, 7) is 2.34. The SMILES string of the molecule is O=C1NCC2(C/C=C/CCOc3ccccc31)CCN(C(=O)c1cc(-c3cccnc3)n[nH]1)CC2. The van der Waals surface area contributed by atoms with Gasteiger partial charge in [-0.25, -0.2) is 0 Å². The third kappa shape index (κ3) is 5.11. The maximum Gasteiger partial charge on any atom is 0.271 e. The minimum absolute atomic E-state index is 0.0544. The number of aromatic amines is 1. The summed E-state index contributed by atoms with van der Waals surface area (Å²) in [6, 6.07) is 12.9. The van der Waals surface area contributed by atoms with Crippen LogP contribution in [-0.4, -0.2) is 58.1 Å². The van der Waals surface area contributed by atoms with Crippen molar-refractivity contribution in [1.29, 1.82) is 0 Å². The highest BCUT2D eigenvalue weighted by Gasteiger charge is 2.36. The lowest BCUT2D eigenvalue weighted by Gasteiger charge is -2.41. The number of ether oxygens (including phenoxy) is 1. The minimum Gasteiger partial charge on any atom is -0.492 e. The van der Waals surface area contributed by atoms with Crippen molar-refractivity contribution >= 4 is 11.8 Å². The summed E-state index contributed by atoms with van der Waals surface area (Å²) < 4.78 is 5.81. The molecule has 35 heavy (non-hydrogen) atoms. The van der Waals surface area contributed by atoms with E-state index >= 15 is 0 Å². The molecule has 180 valence electrons. The summed E-state index contributed by atoms with van der Waals surface area (Å²) >= 11 is 0. The number of rotatable bonds is 2. The molecule has 1 aromatic carbocycles. The molecule has 0 bridgehead atoms. The fourth-order valence-corrected chi connectivity index (χ4v) is 4.73. The number of fused-ring (bicyclic) bond motifs is 1. The second kappa shape index (κ2) is 10.1. The quantitative estimate of drug-likeness (QED) is 0.553. The van der Waals surface area contributed by atoms with Crippen LogP contribution in [0.5, 0.6) is 5.75 Å². The molecule has 0 unspecified atom stereocenters. The number of likely N-dealkylation sites (tertiary alicyclic amines) is 1. The normalized spacial score (nSPS) is 19.0. The molecule has 2 aliphatic rings. The number of aromatic nitrogens is 3. The van der Waals surface area contributed by atoms with Crippen LogP contribution in [0.15, 0.2) is 67.0 Å². The number of benzene rings is 1. The molecule has 1 saturated heterocycles. The number of carbonyl (C=O) groups excluding carboxylic acids is 2. The number of amides is 2. The molecule has 2 aromatic heterocycles. The Morgan fingerprint density at radius 1 is 1.09 bits per heavy atom. The van der Waals surface area contributed by atoms with Gasteiger partial charge in [0.25, 0.3) is 11.8 Å². The summed E-state index contributed by atoms with van der Waals surface area (Å²) in [5.74, 6) is 0.434. The van der Waals surface area contributed by atoms with Gasteiger partial charge in [-0.3, -0.25) is 19.7 Å². The Labute approximate surface area is 204 Å². The zero-order valence-electron chi connectivity index (χ0n) is 19.6. The first-order valence-electron chi connectivity index (χ1n) is 12.0. The molecule has 0 atom stereocenters. The van der Waals surface area contributed by atoms with Gasteiger partial charge in [0.2, 0.25) is 0 Å². The second-order valence-corrected chi connectivity index (χ2v) is 9.19. The molecule has 1 spiro atoms. The van der Waals surface area contributed by atoms with Crippen LogP contribution in [0, 0.1) is 5.41 Å². The van der Waals surface area contributed by atoms with Crippen molar-refractivity contribution in [1.82, 2.24) is 25.4 Å². The van der Waals surface area contributed by atoms with Crippen molar-refractivity contribution in [3.05, 3.63) is 78.3 Å². The van der Waals surface area contributed by atoms with Crippen LogP contribution in [0.4, 0.5) is 0 Å². The molecular formula is C27H29N5O3. The van der Waals surface area contributed by atoms with Crippen LogP contribution in [0.25, 0.3) is 11.3 Å². The van der Waals surface area contributed by atoms with Gasteiger partial charge in [0.15, 0.2) is 0 Å². The first kappa shape index (κ1) is 22.8. The lowest BCUT2D eigenvalue weighted by molar-refractivity contribution is 0.0561. The molecule has 8 heteroatoms. The predicted molar refractivity (Wildman–Crippen MR) is 132 cm³/mol. The molecule has 8 nitrogen and oxygen atoms in total. The molecule has 0 saturated carbocycles. The zero-order chi connectivity index (χ0) is 24.1. The number of carbonyl (C=O) groups is 2. The highest BCUT2D eigenvalue weighted by Crippen LogP contribution is 2.36. The van der Waals surface area contributed by atoms with E-state index in [1.807, 2.05) is 35.2 Å². The molecule has 2 amide bonds. The number of hydrogen-bond acceptors (Lipinski definition) is 5. The average molecular weight is 472 g/mol. The number of para-hydroxylation sites is 1. The Morgan fingerprint density at radius 2 is 1.94 bits per heavy atom. The third-order valence-corrected chi connectivity index (χ3v) is 6.89. The highest BCUT2D eigenvalue weighted by atomic mass is 16.5. The van der Waals surface area contributed by atoms with E-state index in [-0.39, 0.29) is 17.2 Å². The van der Waals surface area contributed by atoms with Crippen LogP contribution >= 0.6 is 0 Å². The largest absolute Gasteiger partial charge is 0.492 e. The zero-order valence-corrected chi connectivity index (χ0v) is 19.6. The van der Waals surface area contributed by atoms with Crippen LogP contribution in [0.3, 0.4) is 0 Å². The Bertz CT molecular complexity index is 1210. The fourth-order valence-electron chi connectivity index (χ4n) is 4.73. The fraction of sp³-hybridized carbons (Fsp3) is 0.333. The topological polar surface area (TPSA) is 100 Å². The Hall–Kier alpha value is -3.94. The lowest BCUT2D eigenvalue weighted by atomic mass is 9.75. The molecule has 3 aromatic rings. The van der Waals surface area contributed by atoms with Gasteiger partial charge in [-0.1, -0.05) is 24.3 Å². The van der Waals surface area contributed by atoms with Gasteiger partial charge in [-0.05, 0) is 61.4 Å². The van der Waals surface area contributed by atoms with Crippen molar-refractivity contribution in [3.8, 4) is 17.0 Å². The van der Waals surface area contributed by atoms with Crippen LogP contribution in [-0.2, 0) is 0 Å². The van der Waals surface area contributed by atoms with E-state index < -0.39 is 0 Å². The van der Waals surface area contributed by atoms with Crippen LogP contribution in [0.1, 0.15) is 46.5 Å². The van der Waals surface area contributed by atoms with Gasteiger partial charge < -0.3 is 15.0 Å². The number of allylic oxidation sites excluding steroid dienone is 1. The number of nitrogens with zero attached hydrogens (tertiary/aromatic N) is 3. The molecule has 5 rings (SSSR count). The third-order valence-electron chi connectivity index (χ3n) is 6.89. The van der Waals surface area contributed by atoms with E-state index in [0.717, 1.165) is 31.2 Å². The number of nitrogens with one attached hydrogen (secondary N) is 2. The van der Waals surface area contributed by atoms with E-state index in [9.17, 15) is 9.59 Å². The first-order chi connectivity index (χ1) is 17.1. The van der Waals surface area contributed by atoms with Crippen molar-refractivity contribution in [2.75, 3.05) is 26.2 Å². The average Bonchev–Trinajstić information content (AvgIpc) is 3.40. The van der Waals surface area contributed by atoms with Gasteiger partial charge >= 0.3 is 0 Å². The van der Waals surface area contributed by atoms with Gasteiger partial charge in [0.05, 0.1) is 17.9 Å². The number of pyridine rings is 1. The van der Waals surface area contributed by atoms with E-state index in [4.69, 9.17) is 4.74 Å². The Kier molecular flexibility index (Phi) is 6.61. The maximum absolute atomic E-state index is 13.2. The predicted octanol–water partition coefficient (Wildman–Crippen LogP) is 3.85. The highest BCUT2D eigenvalue weighted by molar-refractivity contribution is 5.97. The monoisotopic (exact) mass is 471 g/mol. The number of hydrogen-bond donors (Lipinski definition) is 2. The molecule has 2 N–H and O–H groups in total. The first-order valence-corrected chi connectivity index (χ1v) is 12.0. The minimum atomic E-state index is -0.122. The smallest absolute Gasteiger partial charge is 0.271 e. The Balaban J connectivity index is 1.26. The van der Waals surface area contributed by atoms with Crippen molar-refractivity contribution in [2.45, 2.75) is 25.7 Å². The second-order valence-electron chi connectivity index (χ2n) is 9.19. The molecule has 4 heterocycles. The Morgan fingerprint density at radius 3 is 2.77 bits per heavy atom. The molecular weight excluding hydrogens is 442 g/mol. The van der Waals surface area contributed by atoms with Gasteiger partial charge in [0, 0.05) is 37.6 Å². The van der Waals surface area contributed by atoms with Crippen molar-refractivity contribution < 1.29 is 14.3 Å². The molecule has 1 fully saturated rings. The van der Waals surface area contributed by atoms with E-state index in [2.05, 4.69) is 32.7 Å². The van der Waals surface area contributed by atoms with Crippen LogP contribution in [0.2, 0.25) is 0 Å². The summed E-state index contributed by atoms with van der Waals surface area (Å²) in [6.07, 6.45) is 11.0. The van der Waals surface area contributed by atoms with E-state index in [0.29, 0.717) is 48.9 Å². The van der Waals surface area contributed by atoms with Crippen LogP contribution < -0.4 is 10.1 Å². The lowest BCUT2D eigenvalue weighted by Crippen LogP contribution is -2.48. The summed E-state index contributed by atoms with van der Waals surface area (Å²) in [5, 5.41) is 10.3. The molecule has 2 aliphatic heterocycles. The van der Waals surface area contributed by atoms with Gasteiger partial charge in [0.1, 0.15) is 11.4 Å². The molecule has 0 radical (unpaired) electrons. The molecule has 0 aliphatic carbocycles. The summed E-state index contributed by atoms with van der Waals surface area (Å²) in [5.41, 5.74) is 2.51. The van der Waals surface area contributed by atoms with Gasteiger partial charge in [-0.15, -0.1) is 0 Å². The summed E-state index contributed by atoms with van der Waals surface area (Å²) in [4.78, 5) is 32.1. The van der Waals surface area contributed by atoms with Crippen molar-refractivity contribution in [2.24, 2.45) is 5.41 Å². The standard InChI is InChI=1S/C27H29N5O3/c33-25-21-8-2-3-9-24(21)35-16-5-1-4-10-27(19-29-25)11-14-32(15-12-27)26(34)23-17-22(30-31-23)20-7-6-13-28-18-20/h1-4,6-9,13,17-18H,5,10-12,14-16,19H2,(H,29,33)(H,30,31)/b4-1+. The van der Waals surface area contributed by atoms with Gasteiger partial charge in [-0.2, -0.15) is 5.10 Å². The van der Waals surface area contributed by atoms with E-state index in [1.165, 1.54) is 0 Å². The maximum atomic E-state index is 13.2. The number of H-pyrrole nitrogens is 1. The summed E-state index contributed by atoms with van der Waals surface area (Å²) in [7, 11) is 0. The van der Waals surface area contributed by atoms with Crippen molar-refractivity contribution in [3.63, 3.8) is 0 Å². The van der Waals surface area contributed by atoms with E-state index in [1.54, 1.807) is 24.5 Å².